The highest BCUT2D eigenvalue weighted by molar-refractivity contribution is 5.78. The van der Waals surface area contributed by atoms with Crippen LogP contribution in [0.1, 0.15) is 122 Å². The van der Waals surface area contributed by atoms with E-state index in [4.69, 9.17) is 0 Å². The molecule has 3 nitrogen and oxygen atoms in total. The minimum absolute atomic E-state index is 0.150. The summed E-state index contributed by atoms with van der Waals surface area (Å²) in [5, 5.41) is 0. The van der Waals surface area contributed by atoms with Crippen molar-refractivity contribution < 1.29 is 14.3 Å². The molecule has 0 unspecified atom stereocenters. The van der Waals surface area contributed by atoms with Crippen LogP contribution in [0.5, 0.6) is 0 Å². The number of hydrogen-bond acceptors (Lipinski definition) is 3. The van der Waals surface area contributed by atoms with Gasteiger partial charge in [0.25, 0.3) is 0 Å². The SMILES string of the molecule is CCCCCCCCCCCCCCC(=O)CCCCCC(=O)OC. The maximum atomic E-state index is 11.8. The number of rotatable bonds is 19. The van der Waals surface area contributed by atoms with Crippen molar-refractivity contribution in [1.29, 1.82) is 0 Å². The Hall–Kier alpha value is -0.860. The molecule has 0 spiro atoms. The molecule has 0 aromatic carbocycles. The second-order valence-corrected chi connectivity index (χ2v) is 7.31. The van der Waals surface area contributed by atoms with Crippen molar-refractivity contribution in [3.8, 4) is 0 Å². The molecule has 0 rings (SSSR count). The lowest BCUT2D eigenvalue weighted by molar-refractivity contribution is -0.140. The zero-order valence-electron chi connectivity index (χ0n) is 17.0. The van der Waals surface area contributed by atoms with E-state index < -0.39 is 0 Å². The van der Waals surface area contributed by atoms with E-state index in [0.717, 1.165) is 32.1 Å². The number of methoxy groups -OCH3 is 1. The number of Topliss-reactive ketones (excluding diaryl/α,β-unsaturated/α-hetero) is 1. The summed E-state index contributed by atoms with van der Waals surface area (Å²) in [6.45, 7) is 2.27. The van der Waals surface area contributed by atoms with Crippen molar-refractivity contribution in [2.45, 2.75) is 122 Å². The first-order valence-corrected chi connectivity index (χ1v) is 10.8. The van der Waals surface area contributed by atoms with Crippen molar-refractivity contribution >= 4 is 11.8 Å². The predicted molar refractivity (Wildman–Crippen MR) is 106 cm³/mol. The van der Waals surface area contributed by atoms with E-state index in [1.54, 1.807) is 0 Å². The second kappa shape index (κ2) is 19.5. The first-order chi connectivity index (χ1) is 12.2. The van der Waals surface area contributed by atoms with Crippen molar-refractivity contribution in [3.63, 3.8) is 0 Å². The summed E-state index contributed by atoms with van der Waals surface area (Å²) in [5.41, 5.74) is 0. The lowest BCUT2D eigenvalue weighted by Gasteiger charge is -2.03. The minimum atomic E-state index is -0.150. The molecule has 0 amide bonds. The number of unbranched alkanes of at least 4 members (excludes halogenated alkanes) is 13. The fourth-order valence-corrected chi connectivity index (χ4v) is 3.16. The Morgan fingerprint density at radius 3 is 1.36 bits per heavy atom. The van der Waals surface area contributed by atoms with Crippen LogP contribution in [0.4, 0.5) is 0 Å². The smallest absolute Gasteiger partial charge is 0.305 e. The van der Waals surface area contributed by atoms with E-state index in [2.05, 4.69) is 11.7 Å². The van der Waals surface area contributed by atoms with Crippen LogP contribution in [0.25, 0.3) is 0 Å². The van der Waals surface area contributed by atoms with Gasteiger partial charge >= 0.3 is 5.97 Å². The molecule has 0 aliphatic rings. The van der Waals surface area contributed by atoms with Crippen molar-refractivity contribution in [2.24, 2.45) is 0 Å². The van der Waals surface area contributed by atoms with Gasteiger partial charge in [-0.25, -0.2) is 0 Å². The Bertz CT molecular complexity index is 312. The fourth-order valence-electron chi connectivity index (χ4n) is 3.16. The van der Waals surface area contributed by atoms with Gasteiger partial charge in [-0.1, -0.05) is 84.0 Å². The average molecular weight is 355 g/mol. The Labute approximate surface area is 156 Å². The van der Waals surface area contributed by atoms with Gasteiger partial charge in [0.1, 0.15) is 5.78 Å². The molecular weight excluding hydrogens is 312 g/mol. The van der Waals surface area contributed by atoms with Gasteiger partial charge in [-0.2, -0.15) is 0 Å². The molecule has 0 fully saturated rings. The second-order valence-electron chi connectivity index (χ2n) is 7.31. The lowest BCUT2D eigenvalue weighted by atomic mass is 10.0. The van der Waals surface area contributed by atoms with Crippen molar-refractivity contribution in [1.82, 2.24) is 0 Å². The summed E-state index contributed by atoms with van der Waals surface area (Å²) in [5.74, 6) is 0.243. The molecule has 0 atom stereocenters. The van der Waals surface area contributed by atoms with Gasteiger partial charge in [0.05, 0.1) is 7.11 Å². The zero-order chi connectivity index (χ0) is 18.6. The molecule has 0 N–H and O–H groups in total. The van der Waals surface area contributed by atoms with E-state index in [-0.39, 0.29) is 5.97 Å². The van der Waals surface area contributed by atoms with Crippen LogP contribution in [0, 0.1) is 0 Å². The molecule has 3 heteroatoms. The molecule has 0 aliphatic carbocycles. The Balaban J connectivity index is 3.18. The molecule has 0 radical (unpaired) electrons. The third-order valence-corrected chi connectivity index (χ3v) is 4.87. The topological polar surface area (TPSA) is 43.4 Å². The molecule has 0 heterocycles. The lowest BCUT2D eigenvalue weighted by Crippen LogP contribution is -2.00. The highest BCUT2D eigenvalue weighted by Crippen LogP contribution is 2.13. The summed E-state index contributed by atoms with van der Waals surface area (Å²) in [4.78, 5) is 22.7. The third-order valence-electron chi connectivity index (χ3n) is 4.87. The molecule has 0 saturated heterocycles. The molecule has 0 bridgehead atoms. The van der Waals surface area contributed by atoms with Crippen LogP contribution < -0.4 is 0 Å². The van der Waals surface area contributed by atoms with E-state index in [1.165, 1.54) is 77.7 Å². The number of carbonyl (C=O) groups excluding carboxylic acids is 2. The van der Waals surface area contributed by atoms with Gasteiger partial charge in [-0.05, 0) is 19.3 Å². The number of carbonyl (C=O) groups is 2. The Morgan fingerprint density at radius 1 is 0.560 bits per heavy atom. The molecule has 148 valence electrons. The summed E-state index contributed by atoms with van der Waals surface area (Å²) in [7, 11) is 1.42. The van der Waals surface area contributed by atoms with E-state index >= 15 is 0 Å². The van der Waals surface area contributed by atoms with E-state index in [9.17, 15) is 9.59 Å². The van der Waals surface area contributed by atoms with Gasteiger partial charge < -0.3 is 4.74 Å². The highest BCUT2D eigenvalue weighted by Gasteiger charge is 2.03. The van der Waals surface area contributed by atoms with E-state index in [1.807, 2.05) is 0 Å². The maximum absolute atomic E-state index is 11.8. The average Bonchev–Trinajstić information content (AvgIpc) is 2.62. The Kier molecular flexibility index (Phi) is 18.8. The first-order valence-electron chi connectivity index (χ1n) is 10.8. The van der Waals surface area contributed by atoms with Gasteiger partial charge in [0, 0.05) is 19.3 Å². The van der Waals surface area contributed by atoms with Crippen LogP contribution in [-0.2, 0) is 14.3 Å². The molecule has 0 aromatic rings. The molecule has 25 heavy (non-hydrogen) atoms. The fraction of sp³-hybridized carbons (Fsp3) is 0.909. The van der Waals surface area contributed by atoms with Gasteiger partial charge in [0.15, 0.2) is 0 Å². The highest BCUT2D eigenvalue weighted by atomic mass is 16.5. The van der Waals surface area contributed by atoms with Crippen molar-refractivity contribution in [3.05, 3.63) is 0 Å². The van der Waals surface area contributed by atoms with Gasteiger partial charge in [-0.3, -0.25) is 9.59 Å². The molecule has 0 saturated carbocycles. The summed E-state index contributed by atoms with van der Waals surface area (Å²) < 4.78 is 4.60. The largest absolute Gasteiger partial charge is 0.469 e. The maximum Gasteiger partial charge on any atom is 0.305 e. The third kappa shape index (κ3) is 19.3. The number of ketones is 1. The summed E-state index contributed by atoms with van der Waals surface area (Å²) in [6.07, 6.45) is 20.6. The van der Waals surface area contributed by atoms with Crippen LogP contribution in [0.3, 0.4) is 0 Å². The number of hydrogen-bond donors (Lipinski definition) is 0. The predicted octanol–water partition coefficient (Wildman–Crippen LogP) is 6.77. The summed E-state index contributed by atoms with van der Waals surface area (Å²) >= 11 is 0. The monoisotopic (exact) mass is 354 g/mol. The standard InChI is InChI=1S/C22H42O3/c1-3-4-5-6-7-8-9-10-11-12-13-15-18-21(23)19-16-14-17-20-22(24)25-2/h3-20H2,1-2H3. The van der Waals surface area contributed by atoms with E-state index in [0.29, 0.717) is 18.6 Å². The quantitative estimate of drug-likeness (QED) is 0.190. The zero-order valence-corrected chi connectivity index (χ0v) is 17.0. The minimum Gasteiger partial charge on any atom is -0.469 e. The van der Waals surface area contributed by atoms with Crippen LogP contribution in [0.2, 0.25) is 0 Å². The van der Waals surface area contributed by atoms with Crippen LogP contribution in [0.15, 0.2) is 0 Å². The molecule has 0 aromatic heterocycles. The van der Waals surface area contributed by atoms with Gasteiger partial charge in [0.2, 0.25) is 0 Å². The summed E-state index contributed by atoms with van der Waals surface area (Å²) in [6, 6.07) is 0. The molecule has 0 aliphatic heterocycles. The normalized spacial score (nSPS) is 10.8. The number of esters is 1. The Morgan fingerprint density at radius 2 is 0.920 bits per heavy atom. The number of ether oxygens (including phenoxy) is 1. The van der Waals surface area contributed by atoms with Crippen LogP contribution in [-0.4, -0.2) is 18.9 Å². The van der Waals surface area contributed by atoms with Crippen LogP contribution >= 0.6 is 0 Å². The van der Waals surface area contributed by atoms with Crippen molar-refractivity contribution in [2.75, 3.05) is 7.11 Å². The van der Waals surface area contributed by atoms with Gasteiger partial charge in [-0.15, -0.1) is 0 Å². The first kappa shape index (κ1) is 24.1. The molecular formula is C22H42O3.